The van der Waals surface area contributed by atoms with Crippen LogP contribution in [0.5, 0.6) is 0 Å². The number of benzene rings is 1. The molecular weight excluding hydrogens is 270 g/mol. The number of aromatic nitrogens is 1. The Morgan fingerprint density at radius 2 is 1.85 bits per heavy atom. The molecule has 1 aromatic heterocycles. The van der Waals surface area contributed by atoms with E-state index in [0.29, 0.717) is 5.15 Å². The number of hydrogen-bond acceptors (Lipinski definition) is 3. The van der Waals surface area contributed by atoms with Gasteiger partial charge in [-0.2, -0.15) is 0 Å². The van der Waals surface area contributed by atoms with Gasteiger partial charge in [0.05, 0.1) is 0 Å². The normalized spacial score (nSPS) is 14.6. The quantitative estimate of drug-likeness (QED) is 0.863. The van der Waals surface area contributed by atoms with Crippen molar-refractivity contribution in [1.82, 2.24) is 4.98 Å². The fraction of sp³-hybridized carbons (Fsp3) is 0.312. The van der Waals surface area contributed by atoms with E-state index in [9.17, 15) is 0 Å². The Kier molecular flexibility index (Phi) is 4.07. The monoisotopic (exact) mass is 287 g/mol. The minimum Gasteiger partial charge on any atom is -0.371 e. The molecule has 1 aliphatic heterocycles. The molecule has 0 amide bonds. The SMILES string of the molecule is Clc1cccc(NCc2ccccc2N2CCCC2)n1. The van der Waals surface area contributed by atoms with Gasteiger partial charge in [0.1, 0.15) is 11.0 Å². The van der Waals surface area contributed by atoms with Crippen molar-refractivity contribution < 1.29 is 0 Å². The highest BCUT2D eigenvalue weighted by molar-refractivity contribution is 6.29. The van der Waals surface area contributed by atoms with Gasteiger partial charge in [0, 0.05) is 25.3 Å². The predicted octanol–water partition coefficient (Wildman–Crippen LogP) is 3.95. The molecule has 0 bridgehead atoms. The summed E-state index contributed by atoms with van der Waals surface area (Å²) in [5.74, 6) is 0.814. The van der Waals surface area contributed by atoms with Crippen molar-refractivity contribution in [2.45, 2.75) is 19.4 Å². The second-order valence-electron chi connectivity index (χ2n) is 5.02. The fourth-order valence-electron chi connectivity index (χ4n) is 2.62. The summed E-state index contributed by atoms with van der Waals surface area (Å²) in [7, 11) is 0. The first-order chi connectivity index (χ1) is 9.83. The lowest BCUT2D eigenvalue weighted by Gasteiger charge is -2.21. The summed E-state index contributed by atoms with van der Waals surface area (Å²) in [6, 6.07) is 14.2. The van der Waals surface area contributed by atoms with Crippen LogP contribution in [0.2, 0.25) is 5.15 Å². The summed E-state index contributed by atoms with van der Waals surface area (Å²) in [4.78, 5) is 6.72. The van der Waals surface area contributed by atoms with Gasteiger partial charge in [0.25, 0.3) is 0 Å². The third-order valence-corrected chi connectivity index (χ3v) is 3.82. The highest BCUT2D eigenvalue weighted by Gasteiger charge is 2.14. The largest absolute Gasteiger partial charge is 0.371 e. The van der Waals surface area contributed by atoms with Crippen LogP contribution in [-0.2, 0) is 6.54 Å². The molecule has 20 heavy (non-hydrogen) atoms. The second-order valence-corrected chi connectivity index (χ2v) is 5.41. The van der Waals surface area contributed by atoms with E-state index < -0.39 is 0 Å². The zero-order valence-corrected chi connectivity index (χ0v) is 12.1. The van der Waals surface area contributed by atoms with Gasteiger partial charge in [-0.05, 0) is 36.6 Å². The van der Waals surface area contributed by atoms with Crippen molar-refractivity contribution in [2.24, 2.45) is 0 Å². The van der Waals surface area contributed by atoms with E-state index in [0.717, 1.165) is 25.5 Å². The maximum Gasteiger partial charge on any atom is 0.131 e. The molecule has 104 valence electrons. The van der Waals surface area contributed by atoms with Crippen molar-refractivity contribution in [1.29, 1.82) is 0 Å². The summed E-state index contributed by atoms with van der Waals surface area (Å²) in [5.41, 5.74) is 2.63. The van der Waals surface area contributed by atoms with Crippen molar-refractivity contribution in [3.05, 3.63) is 53.2 Å². The number of rotatable bonds is 4. The van der Waals surface area contributed by atoms with Crippen LogP contribution in [0.3, 0.4) is 0 Å². The Balaban J connectivity index is 1.74. The topological polar surface area (TPSA) is 28.2 Å². The Morgan fingerprint density at radius 3 is 2.65 bits per heavy atom. The van der Waals surface area contributed by atoms with Crippen LogP contribution < -0.4 is 10.2 Å². The van der Waals surface area contributed by atoms with Crippen LogP contribution in [-0.4, -0.2) is 18.1 Å². The molecule has 0 radical (unpaired) electrons. The van der Waals surface area contributed by atoms with Crippen molar-refractivity contribution in [3.8, 4) is 0 Å². The number of halogens is 1. The summed E-state index contributed by atoms with van der Waals surface area (Å²) in [6.07, 6.45) is 2.58. The first-order valence-electron chi connectivity index (χ1n) is 7.02. The van der Waals surface area contributed by atoms with E-state index in [2.05, 4.69) is 39.5 Å². The van der Waals surface area contributed by atoms with E-state index in [1.54, 1.807) is 6.07 Å². The maximum atomic E-state index is 5.90. The zero-order chi connectivity index (χ0) is 13.8. The van der Waals surface area contributed by atoms with Gasteiger partial charge in [-0.15, -0.1) is 0 Å². The number of nitrogens with zero attached hydrogens (tertiary/aromatic N) is 2. The molecule has 0 atom stereocenters. The lowest BCUT2D eigenvalue weighted by molar-refractivity contribution is 0.949. The zero-order valence-electron chi connectivity index (χ0n) is 11.3. The van der Waals surface area contributed by atoms with Crippen LogP contribution in [0.15, 0.2) is 42.5 Å². The minimum atomic E-state index is 0.517. The lowest BCUT2D eigenvalue weighted by Crippen LogP contribution is -2.20. The Labute approximate surface area is 124 Å². The molecule has 1 saturated heterocycles. The summed E-state index contributed by atoms with van der Waals surface area (Å²) in [5, 5.41) is 3.86. The number of hydrogen-bond donors (Lipinski definition) is 1. The molecule has 1 fully saturated rings. The van der Waals surface area contributed by atoms with Crippen molar-refractivity contribution in [2.75, 3.05) is 23.3 Å². The highest BCUT2D eigenvalue weighted by atomic mass is 35.5. The van der Waals surface area contributed by atoms with E-state index >= 15 is 0 Å². The minimum absolute atomic E-state index is 0.517. The lowest BCUT2D eigenvalue weighted by atomic mass is 10.1. The molecular formula is C16H18ClN3. The molecule has 2 aromatic rings. The van der Waals surface area contributed by atoms with E-state index in [1.165, 1.54) is 24.1 Å². The van der Waals surface area contributed by atoms with E-state index in [-0.39, 0.29) is 0 Å². The average Bonchev–Trinajstić information content (AvgIpc) is 3.00. The summed E-state index contributed by atoms with van der Waals surface area (Å²) in [6.45, 7) is 3.08. The molecule has 0 spiro atoms. The molecule has 4 heteroatoms. The van der Waals surface area contributed by atoms with E-state index in [4.69, 9.17) is 11.6 Å². The smallest absolute Gasteiger partial charge is 0.131 e. The van der Waals surface area contributed by atoms with Gasteiger partial charge >= 0.3 is 0 Å². The van der Waals surface area contributed by atoms with E-state index in [1.807, 2.05) is 12.1 Å². The molecule has 0 unspecified atom stereocenters. The van der Waals surface area contributed by atoms with Crippen molar-refractivity contribution >= 4 is 23.1 Å². The van der Waals surface area contributed by atoms with Gasteiger partial charge in [-0.1, -0.05) is 35.9 Å². The number of nitrogens with one attached hydrogen (secondary N) is 1. The Hall–Kier alpha value is -1.74. The maximum absolute atomic E-state index is 5.90. The van der Waals surface area contributed by atoms with Crippen LogP contribution in [0.1, 0.15) is 18.4 Å². The predicted molar refractivity (Wildman–Crippen MR) is 84.5 cm³/mol. The van der Waals surface area contributed by atoms with Crippen LogP contribution >= 0.6 is 11.6 Å². The Bertz CT molecular complexity index is 579. The number of para-hydroxylation sites is 1. The molecule has 0 saturated carbocycles. The Morgan fingerprint density at radius 1 is 1.05 bits per heavy atom. The third kappa shape index (κ3) is 3.05. The fourth-order valence-corrected chi connectivity index (χ4v) is 2.78. The molecule has 1 aromatic carbocycles. The van der Waals surface area contributed by atoms with Gasteiger partial charge in [-0.25, -0.2) is 4.98 Å². The molecule has 3 rings (SSSR count). The molecule has 0 aliphatic carbocycles. The van der Waals surface area contributed by atoms with Crippen molar-refractivity contribution in [3.63, 3.8) is 0 Å². The summed E-state index contributed by atoms with van der Waals surface area (Å²) < 4.78 is 0. The molecule has 1 N–H and O–H groups in total. The first kappa shape index (κ1) is 13.3. The van der Waals surface area contributed by atoms with Crippen LogP contribution in [0, 0.1) is 0 Å². The molecule has 3 nitrogen and oxygen atoms in total. The number of anilines is 2. The first-order valence-corrected chi connectivity index (χ1v) is 7.40. The van der Waals surface area contributed by atoms with Gasteiger partial charge < -0.3 is 10.2 Å². The molecule has 2 heterocycles. The standard InChI is InChI=1S/C16H18ClN3/c17-15-8-5-9-16(19-15)18-12-13-6-1-2-7-14(13)20-10-3-4-11-20/h1-2,5-9H,3-4,10-12H2,(H,18,19). The second kappa shape index (κ2) is 6.14. The van der Waals surface area contributed by atoms with Gasteiger partial charge in [0.15, 0.2) is 0 Å². The summed E-state index contributed by atoms with van der Waals surface area (Å²) >= 11 is 5.90. The van der Waals surface area contributed by atoms with Gasteiger partial charge in [0.2, 0.25) is 0 Å². The third-order valence-electron chi connectivity index (χ3n) is 3.61. The number of pyridine rings is 1. The molecule has 1 aliphatic rings. The van der Waals surface area contributed by atoms with Gasteiger partial charge in [-0.3, -0.25) is 0 Å². The van der Waals surface area contributed by atoms with Crippen LogP contribution in [0.4, 0.5) is 11.5 Å². The highest BCUT2D eigenvalue weighted by Crippen LogP contribution is 2.25. The average molecular weight is 288 g/mol. The van der Waals surface area contributed by atoms with Crippen LogP contribution in [0.25, 0.3) is 0 Å².